The molecule has 0 aliphatic heterocycles. The number of rotatable bonds is 6. The number of aliphatic hydroxyl groups excluding tert-OH is 1. The van der Waals surface area contributed by atoms with Crippen LogP contribution in [0.5, 0.6) is 17.2 Å². The van der Waals surface area contributed by atoms with Crippen LogP contribution in [-0.2, 0) is 0 Å². The summed E-state index contributed by atoms with van der Waals surface area (Å²) in [7, 11) is 6.40. The van der Waals surface area contributed by atoms with Gasteiger partial charge in [-0.2, -0.15) is 0 Å². The zero-order valence-corrected chi connectivity index (χ0v) is 10.6. The number of benzene rings is 1. The van der Waals surface area contributed by atoms with Crippen LogP contribution in [0.1, 0.15) is 11.7 Å². The van der Waals surface area contributed by atoms with E-state index in [1.807, 2.05) is 0 Å². The quantitative estimate of drug-likeness (QED) is 0.777. The van der Waals surface area contributed by atoms with Crippen molar-refractivity contribution in [3.8, 4) is 17.2 Å². The van der Waals surface area contributed by atoms with Gasteiger partial charge in [-0.05, 0) is 19.2 Å². The summed E-state index contributed by atoms with van der Waals surface area (Å²) in [6.07, 6.45) is -0.658. The van der Waals surface area contributed by atoms with Crippen molar-refractivity contribution in [2.75, 3.05) is 34.9 Å². The monoisotopic (exact) mass is 241 g/mol. The Morgan fingerprint density at radius 3 is 2.24 bits per heavy atom. The highest BCUT2D eigenvalue weighted by Crippen LogP contribution is 2.41. The molecule has 0 radical (unpaired) electrons. The molecule has 0 aliphatic carbocycles. The van der Waals surface area contributed by atoms with Crippen LogP contribution in [0.15, 0.2) is 12.1 Å². The number of aliphatic hydroxyl groups is 1. The Morgan fingerprint density at radius 1 is 1.12 bits per heavy atom. The van der Waals surface area contributed by atoms with Gasteiger partial charge in [-0.3, -0.25) is 0 Å². The van der Waals surface area contributed by atoms with Gasteiger partial charge in [0.1, 0.15) is 0 Å². The molecule has 5 heteroatoms. The number of methoxy groups -OCH3 is 3. The Hall–Kier alpha value is -1.46. The molecule has 0 fully saturated rings. The van der Waals surface area contributed by atoms with Crippen molar-refractivity contribution >= 4 is 0 Å². The highest BCUT2D eigenvalue weighted by Gasteiger charge is 2.20. The molecule has 0 saturated carbocycles. The fraction of sp³-hybridized carbons (Fsp3) is 0.500. The standard InChI is InChI=1S/C12H19NO4/c1-13-7-9(14)8-5-6-10(15-2)12(17-4)11(8)16-3/h5-6,9,13-14H,7H2,1-4H3. The summed E-state index contributed by atoms with van der Waals surface area (Å²) in [5, 5.41) is 12.9. The number of ether oxygens (including phenoxy) is 3. The summed E-state index contributed by atoms with van der Waals surface area (Å²) in [5.74, 6) is 1.56. The molecule has 0 aliphatic rings. The molecule has 1 aromatic carbocycles. The molecule has 0 amide bonds. The fourth-order valence-electron chi connectivity index (χ4n) is 1.69. The minimum atomic E-state index is -0.658. The Labute approximate surface area is 101 Å². The second-order valence-corrected chi connectivity index (χ2v) is 3.50. The van der Waals surface area contributed by atoms with Crippen molar-refractivity contribution in [3.63, 3.8) is 0 Å². The summed E-state index contributed by atoms with van der Waals surface area (Å²) in [4.78, 5) is 0. The molecule has 0 saturated heterocycles. The van der Waals surface area contributed by atoms with Crippen LogP contribution >= 0.6 is 0 Å². The van der Waals surface area contributed by atoms with Crippen molar-refractivity contribution in [3.05, 3.63) is 17.7 Å². The fourth-order valence-corrected chi connectivity index (χ4v) is 1.69. The molecule has 1 unspecified atom stereocenters. The Balaban J connectivity index is 3.22. The van der Waals surface area contributed by atoms with E-state index in [9.17, 15) is 5.11 Å². The van der Waals surface area contributed by atoms with Crippen molar-refractivity contribution < 1.29 is 19.3 Å². The molecule has 0 aromatic heterocycles. The molecule has 96 valence electrons. The zero-order valence-electron chi connectivity index (χ0n) is 10.6. The second kappa shape index (κ2) is 6.32. The van der Waals surface area contributed by atoms with Crippen LogP contribution in [0.25, 0.3) is 0 Å². The lowest BCUT2D eigenvalue weighted by Gasteiger charge is -2.18. The van der Waals surface area contributed by atoms with E-state index in [1.165, 1.54) is 14.2 Å². The molecule has 1 atom stereocenters. The first-order valence-corrected chi connectivity index (χ1v) is 5.31. The molecule has 5 nitrogen and oxygen atoms in total. The zero-order chi connectivity index (χ0) is 12.8. The maximum atomic E-state index is 9.98. The summed E-state index contributed by atoms with van der Waals surface area (Å²) in [6.45, 7) is 0.436. The van der Waals surface area contributed by atoms with Crippen LogP contribution in [-0.4, -0.2) is 40.0 Å². The van der Waals surface area contributed by atoms with E-state index in [0.29, 0.717) is 29.4 Å². The molecular weight excluding hydrogens is 222 g/mol. The van der Waals surface area contributed by atoms with E-state index < -0.39 is 6.10 Å². The second-order valence-electron chi connectivity index (χ2n) is 3.50. The van der Waals surface area contributed by atoms with Gasteiger partial charge in [0.2, 0.25) is 5.75 Å². The molecule has 2 N–H and O–H groups in total. The number of hydrogen-bond donors (Lipinski definition) is 2. The lowest BCUT2D eigenvalue weighted by Crippen LogP contribution is -2.17. The van der Waals surface area contributed by atoms with Gasteiger partial charge >= 0.3 is 0 Å². The van der Waals surface area contributed by atoms with Gasteiger partial charge in [0.05, 0.1) is 27.4 Å². The van der Waals surface area contributed by atoms with E-state index in [0.717, 1.165) is 0 Å². The first-order valence-electron chi connectivity index (χ1n) is 5.31. The summed E-state index contributed by atoms with van der Waals surface area (Å²) in [6, 6.07) is 3.51. The highest BCUT2D eigenvalue weighted by molar-refractivity contribution is 5.56. The van der Waals surface area contributed by atoms with Crippen LogP contribution in [0.2, 0.25) is 0 Å². The molecule has 1 aromatic rings. The summed E-state index contributed by atoms with van der Waals surface area (Å²) >= 11 is 0. The SMILES string of the molecule is CNCC(O)c1ccc(OC)c(OC)c1OC. The van der Waals surface area contributed by atoms with Gasteiger partial charge < -0.3 is 24.6 Å². The molecule has 0 spiro atoms. The maximum absolute atomic E-state index is 9.98. The molecule has 0 bridgehead atoms. The Kier molecular flexibility index (Phi) is 5.06. The lowest BCUT2D eigenvalue weighted by molar-refractivity contribution is 0.172. The van der Waals surface area contributed by atoms with Crippen LogP contribution in [0, 0.1) is 0 Å². The molecule has 0 heterocycles. The lowest BCUT2D eigenvalue weighted by atomic mass is 10.1. The average molecular weight is 241 g/mol. The highest BCUT2D eigenvalue weighted by atomic mass is 16.5. The van der Waals surface area contributed by atoms with Crippen LogP contribution < -0.4 is 19.5 Å². The maximum Gasteiger partial charge on any atom is 0.203 e. The number of likely N-dealkylation sites (N-methyl/N-ethyl adjacent to an activating group) is 1. The Bertz CT molecular complexity index is 368. The van der Waals surface area contributed by atoms with E-state index in [2.05, 4.69) is 5.32 Å². The van der Waals surface area contributed by atoms with Crippen LogP contribution in [0.4, 0.5) is 0 Å². The van der Waals surface area contributed by atoms with E-state index >= 15 is 0 Å². The predicted molar refractivity (Wildman–Crippen MR) is 65.0 cm³/mol. The van der Waals surface area contributed by atoms with Crippen molar-refractivity contribution in [1.29, 1.82) is 0 Å². The minimum Gasteiger partial charge on any atom is -0.493 e. The number of hydrogen-bond acceptors (Lipinski definition) is 5. The molecular formula is C12H19NO4. The summed E-state index contributed by atoms with van der Waals surface area (Å²) < 4.78 is 15.7. The third-order valence-electron chi connectivity index (χ3n) is 2.49. The van der Waals surface area contributed by atoms with Gasteiger partial charge in [0, 0.05) is 12.1 Å². The first-order chi connectivity index (χ1) is 8.19. The van der Waals surface area contributed by atoms with Gasteiger partial charge in [0.15, 0.2) is 11.5 Å². The van der Waals surface area contributed by atoms with Gasteiger partial charge in [-0.15, -0.1) is 0 Å². The van der Waals surface area contributed by atoms with E-state index in [4.69, 9.17) is 14.2 Å². The van der Waals surface area contributed by atoms with Crippen molar-refractivity contribution in [2.24, 2.45) is 0 Å². The topological polar surface area (TPSA) is 60.0 Å². The van der Waals surface area contributed by atoms with Crippen molar-refractivity contribution in [1.82, 2.24) is 5.32 Å². The average Bonchev–Trinajstić information content (AvgIpc) is 2.36. The predicted octanol–water partition coefficient (Wildman–Crippen LogP) is 0.965. The van der Waals surface area contributed by atoms with Gasteiger partial charge in [-0.25, -0.2) is 0 Å². The largest absolute Gasteiger partial charge is 0.493 e. The van der Waals surface area contributed by atoms with Gasteiger partial charge in [0.25, 0.3) is 0 Å². The van der Waals surface area contributed by atoms with Gasteiger partial charge in [-0.1, -0.05) is 0 Å². The third-order valence-corrected chi connectivity index (χ3v) is 2.49. The van der Waals surface area contributed by atoms with Crippen LogP contribution in [0.3, 0.4) is 0 Å². The summed E-state index contributed by atoms with van der Waals surface area (Å²) in [5.41, 5.74) is 0.666. The molecule has 17 heavy (non-hydrogen) atoms. The van der Waals surface area contributed by atoms with E-state index in [-0.39, 0.29) is 0 Å². The first kappa shape index (κ1) is 13.6. The Morgan fingerprint density at radius 2 is 1.76 bits per heavy atom. The normalized spacial score (nSPS) is 12.1. The third kappa shape index (κ3) is 2.81. The number of nitrogens with one attached hydrogen (secondary N) is 1. The minimum absolute atomic E-state index is 0.436. The van der Waals surface area contributed by atoms with Crippen molar-refractivity contribution in [2.45, 2.75) is 6.10 Å². The molecule has 1 rings (SSSR count). The smallest absolute Gasteiger partial charge is 0.203 e. The van der Waals surface area contributed by atoms with E-state index in [1.54, 1.807) is 26.3 Å².